The van der Waals surface area contributed by atoms with Gasteiger partial charge in [-0.3, -0.25) is 4.79 Å². The van der Waals surface area contributed by atoms with Gasteiger partial charge in [-0.15, -0.1) is 0 Å². The van der Waals surface area contributed by atoms with E-state index in [1.54, 1.807) is 0 Å². The predicted octanol–water partition coefficient (Wildman–Crippen LogP) is -0.322. The third-order valence-corrected chi connectivity index (χ3v) is 5.19. The first-order chi connectivity index (χ1) is 7.96. The van der Waals surface area contributed by atoms with Gasteiger partial charge in [0.1, 0.15) is 0 Å². The molecule has 0 bridgehead atoms. The minimum Gasteiger partial charge on any atom is -0.353 e. The van der Waals surface area contributed by atoms with Crippen molar-refractivity contribution in [2.75, 3.05) is 18.1 Å². The molecular weight excluding hydrogens is 240 g/mol. The lowest BCUT2D eigenvalue weighted by Crippen LogP contribution is -2.48. The number of amides is 1. The van der Waals surface area contributed by atoms with E-state index in [0.29, 0.717) is 12.5 Å². The van der Waals surface area contributed by atoms with Crippen LogP contribution in [0, 0.1) is 5.92 Å². The van der Waals surface area contributed by atoms with E-state index in [0.717, 1.165) is 0 Å². The van der Waals surface area contributed by atoms with Gasteiger partial charge in [-0.1, -0.05) is 0 Å². The zero-order valence-corrected chi connectivity index (χ0v) is 10.9. The maximum atomic E-state index is 11.7. The van der Waals surface area contributed by atoms with E-state index in [1.165, 1.54) is 12.8 Å². The maximum absolute atomic E-state index is 11.7. The van der Waals surface area contributed by atoms with E-state index in [4.69, 9.17) is 0 Å². The molecular formula is C11H20N2O3S. The third-order valence-electron chi connectivity index (χ3n) is 3.45. The zero-order valence-electron chi connectivity index (χ0n) is 10.1. The van der Waals surface area contributed by atoms with Crippen molar-refractivity contribution in [3.63, 3.8) is 0 Å². The van der Waals surface area contributed by atoms with Crippen molar-refractivity contribution in [1.29, 1.82) is 0 Å². The highest BCUT2D eigenvalue weighted by Gasteiger charge is 2.30. The highest BCUT2D eigenvalue weighted by atomic mass is 32.2. The Hall–Kier alpha value is -0.620. The average Bonchev–Trinajstić information content (AvgIpc) is 2.97. The Balaban J connectivity index is 1.77. The first-order valence-corrected chi connectivity index (χ1v) is 8.01. The largest absolute Gasteiger partial charge is 0.353 e. The molecule has 1 aliphatic heterocycles. The summed E-state index contributed by atoms with van der Waals surface area (Å²) in [5.41, 5.74) is 0. The molecule has 2 atom stereocenters. The second-order valence-electron chi connectivity index (χ2n) is 5.16. The molecule has 1 amide bonds. The van der Waals surface area contributed by atoms with Crippen LogP contribution in [0.25, 0.3) is 0 Å². The topological polar surface area (TPSA) is 75.3 Å². The predicted molar refractivity (Wildman–Crippen MR) is 65.4 cm³/mol. The second-order valence-corrected chi connectivity index (χ2v) is 7.39. The molecule has 0 aromatic rings. The van der Waals surface area contributed by atoms with Crippen LogP contribution < -0.4 is 10.6 Å². The smallest absolute Gasteiger partial charge is 0.221 e. The quantitative estimate of drug-likeness (QED) is 0.726. The van der Waals surface area contributed by atoms with Crippen LogP contribution in [-0.4, -0.2) is 44.5 Å². The Morgan fingerprint density at radius 2 is 2.18 bits per heavy atom. The maximum Gasteiger partial charge on any atom is 0.221 e. The molecule has 1 saturated carbocycles. The summed E-state index contributed by atoms with van der Waals surface area (Å²) in [7, 11) is -2.95. The molecule has 2 fully saturated rings. The summed E-state index contributed by atoms with van der Waals surface area (Å²) in [5.74, 6) is 0.850. The van der Waals surface area contributed by atoms with Gasteiger partial charge in [0.05, 0.1) is 11.5 Å². The number of sulfone groups is 1. The summed E-state index contributed by atoms with van der Waals surface area (Å²) in [6.45, 7) is 2.47. The average molecular weight is 260 g/mol. The number of carbonyl (C=O) groups excluding carboxylic acids is 1. The van der Waals surface area contributed by atoms with Gasteiger partial charge >= 0.3 is 0 Å². The second kappa shape index (κ2) is 4.94. The molecule has 0 radical (unpaired) electrons. The van der Waals surface area contributed by atoms with Crippen molar-refractivity contribution in [2.45, 2.75) is 38.3 Å². The monoisotopic (exact) mass is 260 g/mol. The van der Waals surface area contributed by atoms with E-state index in [-0.39, 0.29) is 35.9 Å². The molecule has 0 aromatic heterocycles. The van der Waals surface area contributed by atoms with Crippen LogP contribution in [0.1, 0.15) is 26.2 Å². The molecule has 1 heterocycles. The minimum atomic E-state index is -2.95. The molecule has 98 valence electrons. The first-order valence-electron chi connectivity index (χ1n) is 6.19. The molecule has 2 rings (SSSR count). The summed E-state index contributed by atoms with van der Waals surface area (Å²) < 4.78 is 22.8. The third kappa shape index (κ3) is 3.96. The summed E-state index contributed by atoms with van der Waals surface area (Å²) in [6.07, 6.45) is 2.64. The Morgan fingerprint density at radius 1 is 1.47 bits per heavy atom. The number of hydrogen-bond acceptors (Lipinski definition) is 4. The van der Waals surface area contributed by atoms with Crippen molar-refractivity contribution >= 4 is 15.7 Å². The molecule has 2 N–H and O–H groups in total. The lowest BCUT2D eigenvalue weighted by Gasteiger charge is -2.24. The Labute approximate surface area is 102 Å². The molecule has 0 spiro atoms. The van der Waals surface area contributed by atoms with Crippen molar-refractivity contribution in [1.82, 2.24) is 10.6 Å². The SMILES string of the molecule is CC(NC(=O)CC1CS(=O)(=O)CCN1)C1CC1. The van der Waals surface area contributed by atoms with Gasteiger partial charge in [0.25, 0.3) is 0 Å². The van der Waals surface area contributed by atoms with Crippen molar-refractivity contribution in [2.24, 2.45) is 5.92 Å². The number of carbonyl (C=O) groups is 1. The van der Waals surface area contributed by atoms with E-state index in [9.17, 15) is 13.2 Å². The van der Waals surface area contributed by atoms with Gasteiger partial charge in [-0.25, -0.2) is 8.42 Å². The van der Waals surface area contributed by atoms with E-state index >= 15 is 0 Å². The molecule has 2 unspecified atom stereocenters. The van der Waals surface area contributed by atoms with Crippen LogP contribution >= 0.6 is 0 Å². The van der Waals surface area contributed by atoms with Gasteiger partial charge in [-0.05, 0) is 25.7 Å². The van der Waals surface area contributed by atoms with Crippen molar-refractivity contribution in [3.05, 3.63) is 0 Å². The van der Waals surface area contributed by atoms with Crippen LogP contribution in [0.4, 0.5) is 0 Å². The fourth-order valence-corrected chi connectivity index (χ4v) is 3.69. The van der Waals surface area contributed by atoms with Gasteiger partial charge in [0.15, 0.2) is 9.84 Å². The molecule has 6 heteroatoms. The normalized spacial score (nSPS) is 29.6. The van der Waals surface area contributed by atoms with Crippen molar-refractivity contribution < 1.29 is 13.2 Å². The molecule has 0 aromatic carbocycles. The highest BCUT2D eigenvalue weighted by molar-refractivity contribution is 7.91. The summed E-state index contributed by atoms with van der Waals surface area (Å²) >= 11 is 0. The van der Waals surface area contributed by atoms with Gasteiger partial charge in [0, 0.05) is 25.0 Å². The summed E-state index contributed by atoms with van der Waals surface area (Å²) in [5, 5.41) is 6.03. The summed E-state index contributed by atoms with van der Waals surface area (Å²) in [4.78, 5) is 11.7. The number of rotatable bonds is 4. The lowest BCUT2D eigenvalue weighted by molar-refractivity contribution is -0.122. The fraction of sp³-hybridized carbons (Fsp3) is 0.909. The van der Waals surface area contributed by atoms with Crippen LogP contribution in [0.3, 0.4) is 0 Å². The minimum absolute atomic E-state index is 0.0426. The Bertz CT molecular complexity index is 390. The number of nitrogens with one attached hydrogen (secondary N) is 2. The molecule has 5 nitrogen and oxygen atoms in total. The molecule has 1 saturated heterocycles. The van der Waals surface area contributed by atoms with E-state index < -0.39 is 9.84 Å². The molecule has 17 heavy (non-hydrogen) atoms. The van der Waals surface area contributed by atoms with E-state index in [2.05, 4.69) is 10.6 Å². The van der Waals surface area contributed by atoms with Crippen LogP contribution in [0.5, 0.6) is 0 Å². The van der Waals surface area contributed by atoms with Gasteiger partial charge in [-0.2, -0.15) is 0 Å². The van der Waals surface area contributed by atoms with Crippen LogP contribution in [0.15, 0.2) is 0 Å². The molecule has 1 aliphatic carbocycles. The van der Waals surface area contributed by atoms with Crippen LogP contribution in [0.2, 0.25) is 0 Å². The Morgan fingerprint density at radius 3 is 2.76 bits per heavy atom. The number of hydrogen-bond donors (Lipinski definition) is 2. The van der Waals surface area contributed by atoms with Gasteiger partial charge in [0.2, 0.25) is 5.91 Å². The standard InChI is InChI=1S/C11H20N2O3S/c1-8(9-2-3-9)13-11(14)6-10-7-17(15,16)5-4-12-10/h8-10,12H,2-7H2,1H3,(H,13,14). The van der Waals surface area contributed by atoms with Crippen LogP contribution in [-0.2, 0) is 14.6 Å². The first kappa shape index (κ1) is 12.8. The van der Waals surface area contributed by atoms with Gasteiger partial charge < -0.3 is 10.6 Å². The van der Waals surface area contributed by atoms with E-state index in [1.807, 2.05) is 6.92 Å². The summed E-state index contributed by atoms with van der Waals surface area (Å²) in [6, 6.07) is 0.00264. The molecule has 2 aliphatic rings. The fourth-order valence-electron chi connectivity index (χ4n) is 2.25. The Kier molecular flexibility index (Phi) is 3.73. The zero-order chi connectivity index (χ0) is 12.5. The highest BCUT2D eigenvalue weighted by Crippen LogP contribution is 2.32. The lowest BCUT2D eigenvalue weighted by atomic mass is 10.2. The van der Waals surface area contributed by atoms with Crippen molar-refractivity contribution in [3.8, 4) is 0 Å².